The molecule has 104 valence electrons. The van der Waals surface area contributed by atoms with Crippen LogP contribution in [-0.4, -0.2) is 17.6 Å². The van der Waals surface area contributed by atoms with Gasteiger partial charge in [-0.25, -0.2) is 0 Å². The first-order chi connectivity index (χ1) is 8.18. The molecule has 0 amide bonds. The highest BCUT2D eigenvalue weighted by atomic mass is 16.4. The van der Waals surface area contributed by atoms with Crippen molar-refractivity contribution in [2.75, 3.05) is 6.54 Å². The summed E-state index contributed by atoms with van der Waals surface area (Å²) < 4.78 is 0. The highest BCUT2D eigenvalue weighted by Crippen LogP contribution is 2.09. The third kappa shape index (κ3) is 25.6. The van der Waals surface area contributed by atoms with Gasteiger partial charge in [0.15, 0.2) is 0 Å². The lowest BCUT2D eigenvalue weighted by molar-refractivity contribution is -0.137. The number of carbonyl (C=O) groups is 1. The van der Waals surface area contributed by atoms with E-state index in [1.165, 1.54) is 38.5 Å². The first kappa shape index (κ1) is 18.8. The molecule has 3 heteroatoms. The van der Waals surface area contributed by atoms with Crippen LogP contribution < -0.4 is 5.73 Å². The van der Waals surface area contributed by atoms with Crippen molar-refractivity contribution in [3.63, 3.8) is 0 Å². The molecule has 0 bridgehead atoms. The van der Waals surface area contributed by atoms with Crippen LogP contribution in [0.4, 0.5) is 0 Å². The maximum absolute atomic E-state index is 10.2. The molecule has 0 aromatic rings. The number of aliphatic carboxylic acids is 1. The summed E-state index contributed by atoms with van der Waals surface area (Å²) >= 11 is 0. The van der Waals surface area contributed by atoms with Crippen LogP contribution in [0, 0.1) is 0 Å². The normalized spacial score (nSPS) is 9.59. The van der Waals surface area contributed by atoms with Gasteiger partial charge in [0.05, 0.1) is 0 Å². The minimum absolute atomic E-state index is 0.342. The molecule has 0 spiro atoms. The summed E-state index contributed by atoms with van der Waals surface area (Å²) in [5.41, 5.74) is 5.03. The van der Waals surface area contributed by atoms with Gasteiger partial charge in [0, 0.05) is 6.42 Å². The van der Waals surface area contributed by atoms with Gasteiger partial charge in [-0.1, -0.05) is 58.8 Å². The van der Waals surface area contributed by atoms with Gasteiger partial charge in [-0.05, 0) is 19.4 Å². The van der Waals surface area contributed by atoms with Crippen LogP contribution in [0.1, 0.15) is 78.1 Å². The summed E-state index contributed by atoms with van der Waals surface area (Å²) in [4.78, 5) is 10.2. The molecule has 0 atom stereocenters. The standard InChI is InChI=1S/C11H22O2.C3H9N/c1-2-3-4-5-6-7-8-9-10-11(12)13;1-2-3-4/h2-10H2,1H3,(H,12,13);2-4H2,1H3. The number of hydrogen-bond acceptors (Lipinski definition) is 2. The predicted molar refractivity (Wildman–Crippen MR) is 74.2 cm³/mol. The Morgan fingerprint density at radius 1 is 0.882 bits per heavy atom. The van der Waals surface area contributed by atoms with Crippen LogP contribution in [-0.2, 0) is 4.79 Å². The molecule has 0 radical (unpaired) electrons. The summed E-state index contributed by atoms with van der Waals surface area (Å²) in [6, 6.07) is 0. The molecule has 3 nitrogen and oxygen atoms in total. The summed E-state index contributed by atoms with van der Waals surface area (Å²) in [6.45, 7) is 5.09. The monoisotopic (exact) mass is 245 g/mol. The van der Waals surface area contributed by atoms with Crippen molar-refractivity contribution in [1.82, 2.24) is 0 Å². The summed E-state index contributed by atoms with van der Waals surface area (Å²) in [6.07, 6.45) is 11.2. The molecule has 0 saturated carbocycles. The Hall–Kier alpha value is -0.570. The molecular formula is C14H31NO2. The number of rotatable bonds is 10. The largest absolute Gasteiger partial charge is 0.481 e. The van der Waals surface area contributed by atoms with E-state index in [0.717, 1.165) is 25.8 Å². The lowest BCUT2D eigenvalue weighted by Gasteiger charge is -1.99. The van der Waals surface area contributed by atoms with Crippen molar-refractivity contribution in [2.24, 2.45) is 5.73 Å². The molecule has 0 heterocycles. The predicted octanol–water partition coefficient (Wildman–Crippen LogP) is 3.96. The Bertz CT molecular complexity index is 147. The Kier molecular flexibility index (Phi) is 19.7. The SMILES string of the molecule is CCCCCCCCCCC(=O)O.CCCN. The van der Waals surface area contributed by atoms with E-state index < -0.39 is 5.97 Å². The van der Waals surface area contributed by atoms with E-state index in [-0.39, 0.29) is 0 Å². The third-order valence-corrected chi connectivity index (χ3v) is 2.53. The minimum atomic E-state index is -0.661. The van der Waals surface area contributed by atoms with Crippen molar-refractivity contribution in [3.05, 3.63) is 0 Å². The van der Waals surface area contributed by atoms with Gasteiger partial charge in [-0.3, -0.25) is 4.79 Å². The molecule has 0 aliphatic carbocycles. The second-order valence-electron chi connectivity index (χ2n) is 4.41. The Labute approximate surface area is 107 Å². The highest BCUT2D eigenvalue weighted by molar-refractivity contribution is 5.66. The van der Waals surface area contributed by atoms with E-state index in [4.69, 9.17) is 10.8 Å². The van der Waals surface area contributed by atoms with E-state index in [2.05, 4.69) is 13.8 Å². The third-order valence-electron chi connectivity index (χ3n) is 2.53. The van der Waals surface area contributed by atoms with E-state index >= 15 is 0 Å². The maximum atomic E-state index is 10.2. The van der Waals surface area contributed by atoms with Crippen LogP contribution in [0.25, 0.3) is 0 Å². The van der Waals surface area contributed by atoms with Gasteiger partial charge in [0.2, 0.25) is 0 Å². The van der Waals surface area contributed by atoms with Crippen molar-refractivity contribution < 1.29 is 9.90 Å². The molecule has 17 heavy (non-hydrogen) atoms. The molecule has 0 aliphatic heterocycles. The van der Waals surface area contributed by atoms with E-state index in [0.29, 0.717) is 6.42 Å². The van der Waals surface area contributed by atoms with Gasteiger partial charge in [0.25, 0.3) is 0 Å². The van der Waals surface area contributed by atoms with Gasteiger partial charge in [-0.2, -0.15) is 0 Å². The number of carboxylic acid groups (broad SMARTS) is 1. The zero-order chi connectivity index (χ0) is 13.4. The second kappa shape index (κ2) is 17.8. The Balaban J connectivity index is 0. The molecular weight excluding hydrogens is 214 g/mol. The van der Waals surface area contributed by atoms with Gasteiger partial charge < -0.3 is 10.8 Å². The lowest BCUT2D eigenvalue weighted by Crippen LogP contribution is -1.93. The number of carboxylic acids is 1. The first-order valence-corrected chi connectivity index (χ1v) is 7.10. The van der Waals surface area contributed by atoms with Crippen molar-refractivity contribution in [3.8, 4) is 0 Å². The minimum Gasteiger partial charge on any atom is -0.481 e. The maximum Gasteiger partial charge on any atom is 0.303 e. The molecule has 0 aliphatic rings. The summed E-state index contributed by atoms with van der Waals surface area (Å²) in [7, 11) is 0. The topological polar surface area (TPSA) is 63.3 Å². The van der Waals surface area contributed by atoms with Crippen molar-refractivity contribution >= 4 is 5.97 Å². The second-order valence-corrected chi connectivity index (χ2v) is 4.41. The van der Waals surface area contributed by atoms with Crippen LogP contribution in [0.2, 0.25) is 0 Å². The van der Waals surface area contributed by atoms with Crippen LogP contribution >= 0.6 is 0 Å². The molecule has 0 aromatic carbocycles. The fourth-order valence-electron chi connectivity index (χ4n) is 1.41. The Morgan fingerprint density at radius 3 is 1.65 bits per heavy atom. The summed E-state index contributed by atoms with van der Waals surface area (Å²) in [5.74, 6) is -0.661. The smallest absolute Gasteiger partial charge is 0.303 e. The summed E-state index contributed by atoms with van der Waals surface area (Å²) in [5, 5.41) is 8.39. The van der Waals surface area contributed by atoms with Crippen LogP contribution in [0.15, 0.2) is 0 Å². The fourth-order valence-corrected chi connectivity index (χ4v) is 1.41. The van der Waals surface area contributed by atoms with Gasteiger partial charge >= 0.3 is 5.97 Å². The molecule has 0 unspecified atom stereocenters. The fraction of sp³-hybridized carbons (Fsp3) is 0.929. The number of nitrogens with two attached hydrogens (primary N) is 1. The van der Waals surface area contributed by atoms with Crippen LogP contribution in [0.5, 0.6) is 0 Å². The lowest BCUT2D eigenvalue weighted by atomic mass is 10.1. The molecule has 0 aromatic heterocycles. The number of hydrogen-bond donors (Lipinski definition) is 2. The first-order valence-electron chi connectivity index (χ1n) is 7.10. The highest BCUT2D eigenvalue weighted by Gasteiger charge is 1.95. The van der Waals surface area contributed by atoms with Crippen molar-refractivity contribution in [1.29, 1.82) is 0 Å². The van der Waals surface area contributed by atoms with E-state index in [9.17, 15) is 4.79 Å². The molecule has 3 N–H and O–H groups in total. The number of unbranched alkanes of at least 4 members (excludes halogenated alkanes) is 7. The van der Waals surface area contributed by atoms with Gasteiger partial charge in [-0.15, -0.1) is 0 Å². The molecule has 0 rings (SSSR count). The average molecular weight is 245 g/mol. The van der Waals surface area contributed by atoms with Gasteiger partial charge in [0.1, 0.15) is 0 Å². The Morgan fingerprint density at radius 2 is 1.29 bits per heavy atom. The average Bonchev–Trinajstić information content (AvgIpc) is 2.32. The zero-order valence-electron chi connectivity index (χ0n) is 11.7. The van der Waals surface area contributed by atoms with E-state index in [1.54, 1.807) is 0 Å². The molecule has 0 saturated heterocycles. The van der Waals surface area contributed by atoms with Crippen molar-refractivity contribution in [2.45, 2.75) is 78.1 Å². The quantitative estimate of drug-likeness (QED) is 0.573. The van der Waals surface area contributed by atoms with Crippen LogP contribution in [0.3, 0.4) is 0 Å². The zero-order valence-corrected chi connectivity index (χ0v) is 11.7. The van der Waals surface area contributed by atoms with E-state index in [1.807, 2.05) is 0 Å². The molecule has 0 fully saturated rings.